The zero-order valence-electron chi connectivity index (χ0n) is 22.4. The van der Waals surface area contributed by atoms with Crippen LogP contribution < -0.4 is 10.1 Å². The molecule has 3 heterocycles. The van der Waals surface area contributed by atoms with Crippen molar-refractivity contribution in [1.82, 2.24) is 15.1 Å². The van der Waals surface area contributed by atoms with Crippen LogP contribution in [-0.2, 0) is 25.5 Å². The molecule has 2 N–H and O–H groups in total. The number of amides is 1. The van der Waals surface area contributed by atoms with Gasteiger partial charge in [-0.2, -0.15) is 5.26 Å². The second-order valence-corrected chi connectivity index (χ2v) is 10.5. The third-order valence-corrected chi connectivity index (χ3v) is 8.61. The van der Waals surface area contributed by atoms with Gasteiger partial charge in [0, 0.05) is 47.8 Å². The molecule has 1 aliphatic carbocycles. The second-order valence-electron chi connectivity index (χ2n) is 10.5. The molecule has 1 aromatic rings. The maximum absolute atomic E-state index is 13.7. The Morgan fingerprint density at radius 1 is 1.18 bits per heavy atom. The van der Waals surface area contributed by atoms with Crippen molar-refractivity contribution < 1.29 is 29.0 Å². The molecule has 1 amide bonds. The molecule has 1 fully saturated rings. The number of aromatic hydroxyl groups is 1. The van der Waals surface area contributed by atoms with E-state index in [1.165, 1.54) is 21.1 Å². The van der Waals surface area contributed by atoms with Crippen LogP contribution in [0.4, 0.5) is 0 Å². The first kappa shape index (κ1) is 25.9. The number of phenols is 1. The SMILES string of the molecule is COC1=C(C)C(=O)C2=C(C1=O)[C@H](CNC(C)=O)N1C(C2)[C@@H]2c3c(cc(C)c(OC)c3O)CC([C@@H]1C#N)N2C. The predicted molar refractivity (Wildman–Crippen MR) is 136 cm³/mol. The number of Topliss-reactive ketones (excluding diaryl/α,β-unsaturated/α-hetero) is 2. The van der Waals surface area contributed by atoms with Gasteiger partial charge in [0.25, 0.3) is 0 Å². The lowest BCUT2D eigenvalue weighted by molar-refractivity contribution is -0.124. The molecule has 2 bridgehead atoms. The van der Waals surface area contributed by atoms with Crippen molar-refractivity contribution in [2.24, 2.45) is 0 Å². The van der Waals surface area contributed by atoms with Gasteiger partial charge in [-0.1, -0.05) is 6.07 Å². The van der Waals surface area contributed by atoms with E-state index in [9.17, 15) is 24.8 Å². The minimum absolute atomic E-state index is 0.00828. The Morgan fingerprint density at radius 3 is 2.50 bits per heavy atom. The summed E-state index contributed by atoms with van der Waals surface area (Å²) in [5, 5.41) is 24.7. The number of hydrogen-bond acceptors (Lipinski definition) is 9. The van der Waals surface area contributed by atoms with E-state index >= 15 is 0 Å². The van der Waals surface area contributed by atoms with Gasteiger partial charge < -0.3 is 19.9 Å². The molecular formula is C28H32N4O6. The Balaban J connectivity index is 1.74. The van der Waals surface area contributed by atoms with Gasteiger partial charge in [-0.15, -0.1) is 0 Å². The number of nitriles is 1. The number of aryl methyl sites for hydroxylation is 1. The highest BCUT2D eigenvalue weighted by molar-refractivity contribution is 6.25. The van der Waals surface area contributed by atoms with Crippen molar-refractivity contribution in [2.75, 3.05) is 27.8 Å². The van der Waals surface area contributed by atoms with Crippen LogP contribution in [-0.4, -0.2) is 84.4 Å². The van der Waals surface area contributed by atoms with Crippen LogP contribution in [0.1, 0.15) is 43.0 Å². The average molecular weight is 521 g/mol. The van der Waals surface area contributed by atoms with Gasteiger partial charge in [-0.25, -0.2) is 0 Å². The molecule has 1 aromatic carbocycles. The largest absolute Gasteiger partial charge is 0.504 e. The number of benzene rings is 1. The maximum Gasteiger partial charge on any atom is 0.226 e. The molecule has 3 aliphatic heterocycles. The number of likely N-dealkylation sites (N-methyl/N-ethyl adjacent to an activating group) is 1. The fourth-order valence-corrected chi connectivity index (χ4v) is 7.05. The highest BCUT2D eigenvalue weighted by Crippen LogP contribution is 2.53. The minimum Gasteiger partial charge on any atom is -0.504 e. The number of hydrogen-bond donors (Lipinski definition) is 2. The molecule has 0 saturated carbocycles. The molecule has 1 saturated heterocycles. The summed E-state index contributed by atoms with van der Waals surface area (Å²) in [6.45, 7) is 4.89. The summed E-state index contributed by atoms with van der Waals surface area (Å²) in [5.74, 6) is -0.518. The molecule has 0 spiro atoms. The molecule has 10 nitrogen and oxygen atoms in total. The molecule has 5 rings (SSSR count). The van der Waals surface area contributed by atoms with Crippen LogP contribution in [0, 0.1) is 18.3 Å². The molecule has 0 aromatic heterocycles. The first-order chi connectivity index (χ1) is 18.1. The van der Waals surface area contributed by atoms with E-state index in [2.05, 4.69) is 16.3 Å². The van der Waals surface area contributed by atoms with E-state index < -0.39 is 23.9 Å². The summed E-state index contributed by atoms with van der Waals surface area (Å²) in [6, 6.07) is 2.07. The van der Waals surface area contributed by atoms with Crippen LogP contribution in [0.2, 0.25) is 0 Å². The smallest absolute Gasteiger partial charge is 0.226 e. The zero-order valence-corrected chi connectivity index (χ0v) is 22.4. The van der Waals surface area contributed by atoms with Gasteiger partial charge in [0.05, 0.1) is 32.4 Å². The number of phenolic OH excluding ortho intramolecular Hbond substituents is 1. The Hall–Kier alpha value is -3.68. The van der Waals surface area contributed by atoms with Crippen molar-refractivity contribution in [1.29, 1.82) is 5.26 Å². The number of carbonyl (C=O) groups is 3. The van der Waals surface area contributed by atoms with E-state index in [-0.39, 0.29) is 59.4 Å². The van der Waals surface area contributed by atoms with Crippen LogP contribution in [0.5, 0.6) is 11.5 Å². The lowest BCUT2D eigenvalue weighted by Gasteiger charge is -2.60. The summed E-state index contributed by atoms with van der Waals surface area (Å²) in [5.41, 5.74) is 3.34. The number of nitrogens with one attached hydrogen (secondary N) is 1. The summed E-state index contributed by atoms with van der Waals surface area (Å²) < 4.78 is 10.9. The highest BCUT2D eigenvalue weighted by Gasteiger charge is 2.57. The molecule has 5 atom stereocenters. The first-order valence-electron chi connectivity index (χ1n) is 12.7. The van der Waals surface area contributed by atoms with Crippen molar-refractivity contribution in [2.45, 2.75) is 63.8 Å². The number of methoxy groups -OCH3 is 2. The maximum atomic E-state index is 13.7. The molecule has 38 heavy (non-hydrogen) atoms. The third-order valence-electron chi connectivity index (χ3n) is 8.61. The van der Waals surface area contributed by atoms with E-state index in [4.69, 9.17) is 9.47 Å². The number of ketones is 2. The molecule has 0 radical (unpaired) electrons. The third kappa shape index (κ3) is 3.49. The Kier molecular flexibility index (Phi) is 6.32. The molecule has 2 unspecified atom stereocenters. The van der Waals surface area contributed by atoms with Gasteiger partial charge >= 0.3 is 0 Å². The Bertz CT molecular complexity index is 1370. The number of rotatable bonds is 4. The van der Waals surface area contributed by atoms with Crippen molar-refractivity contribution >= 4 is 17.5 Å². The molecule has 200 valence electrons. The number of piperazine rings is 1. The standard InChI is InChI=1S/C28H32N4O6/c1-12-7-15-8-17-19(10-29)32-18(23(31(17)4)21(15)25(35)27(12)37-5)9-16-22(20(32)11-30-14(3)33)26(36)28(38-6)13(2)24(16)34/h7,17-20,23,35H,8-9,11H2,1-6H3,(H,30,33)/t17?,18?,19-,20-,23+/m0/s1. The molecule has 10 heteroatoms. The van der Waals surface area contributed by atoms with E-state index in [1.54, 1.807) is 6.92 Å². The molecular weight excluding hydrogens is 488 g/mol. The number of allylic oxidation sites excluding steroid dienone is 2. The van der Waals surface area contributed by atoms with Crippen molar-refractivity contribution in [3.05, 3.63) is 45.2 Å². The molecule has 4 aliphatic rings. The lowest BCUT2D eigenvalue weighted by atomic mass is 9.69. The normalized spacial score (nSPS) is 28.8. The van der Waals surface area contributed by atoms with E-state index in [1.807, 2.05) is 24.9 Å². The van der Waals surface area contributed by atoms with Gasteiger partial charge in [-0.05, 0) is 44.9 Å². The van der Waals surface area contributed by atoms with Gasteiger partial charge in [0.15, 0.2) is 23.0 Å². The van der Waals surface area contributed by atoms with Crippen LogP contribution in [0.25, 0.3) is 0 Å². The van der Waals surface area contributed by atoms with E-state index in [0.717, 1.165) is 11.1 Å². The number of nitrogens with zero attached hydrogens (tertiary/aromatic N) is 3. The van der Waals surface area contributed by atoms with Gasteiger partial charge in [0.2, 0.25) is 11.7 Å². The number of carbonyl (C=O) groups excluding carboxylic acids is 3. The Morgan fingerprint density at radius 2 is 1.89 bits per heavy atom. The summed E-state index contributed by atoms with van der Waals surface area (Å²) >= 11 is 0. The van der Waals surface area contributed by atoms with Gasteiger partial charge in [0.1, 0.15) is 6.04 Å². The first-order valence-corrected chi connectivity index (χ1v) is 12.7. The topological polar surface area (TPSA) is 132 Å². The highest BCUT2D eigenvalue weighted by atomic mass is 16.5. The summed E-state index contributed by atoms with van der Waals surface area (Å²) in [7, 11) is 4.80. The second kappa shape index (κ2) is 9.26. The van der Waals surface area contributed by atoms with Crippen molar-refractivity contribution in [3.63, 3.8) is 0 Å². The fraction of sp³-hybridized carbons (Fsp3) is 0.500. The van der Waals surface area contributed by atoms with Crippen LogP contribution >= 0.6 is 0 Å². The van der Waals surface area contributed by atoms with Gasteiger partial charge in [-0.3, -0.25) is 24.2 Å². The predicted octanol–water partition coefficient (Wildman–Crippen LogP) is 1.46. The summed E-state index contributed by atoms with van der Waals surface area (Å²) in [6.07, 6.45) is 0.718. The minimum atomic E-state index is -0.721. The zero-order chi connectivity index (χ0) is 27.6. The van der Waals surface area contributed by atoms with Crippen molar-refractivity contribution in [3.8, 4) is 17.6 Å². The number of ether oxygens (including phenoxy) is 2. The fourth-order valence-electron chi connectivity index (χ4n) is 7.05. The lowest BCUT2D eigenvalue weighted by Crippen LogP contribution is -2.71. The quantitative estimate of drug-likeness (QED) is 0.566. The van der Waals surface area contributed by atoms with E-state index in [0.29, 0.717) is 23.3 Å². The number of fused-ring (bicyclic) bond motifs is 6. The van der Waals surface area contributed by atoms with Crippen LogP contribution in [0.3, 0.4) is 0 Å². The van der Waals surface area contributed by atoms with Crippen LogP contribution in [0.15, 0.2) is 28.5 Å². The average Bonchev–Trinajstić information content (AvgIpc) is 2.86. The summed E-state index contributed by atoms with van der Waals surface area (Å²) in [4.78, 5) is 43.3. The monoisotopic (exact) mass is 520 g/mol. The Labute approximate surface area is 221 Å².